The van der Waals surface area contributed by atoms with Gasteiger partial charge in [-0.05, 0) is 6.92 Å². The molecule has 0 aromatic heterocycles. The molecule has 5 atom stereocenters. The summed E-state index contributed by atoms with van der Waals surface area (Å²) in [5.74, 6) is 2.38. The molecule has 5 nitrogen and oxygen atoms in total. The van der Waals surface area contributed by atoms with E-state index >= 15 is 0 Å². The van der Waals surface area contributed by atoms with Gasteiger partial charge in [0.25, 0.3) is 0 Å². The Balaban J connectivity index is 2.48. The van der Waals surface area contributed by atoms with Gasteiger partial charge in [0.2, 0.25) is 0 Å². The van der Waals surface area contributed by atoms with Gasteiger partial charge in [-0.15, -0.1) is 12.3 Å². The third-order valence-electron chi connectivity index (χ3n) is 2.34. The molecular weight excluding hydrogens is 200 g/mol. The number of terminal acetylenes is 1. The fraction of sp³-hybridized carbons (Fsp3) is 0.800. The monoisotopic (exact) mass is 216 g/mol. The minimum atomic E-state index is -1.26. The molecule has 0 radical (unpaired) electrons. The highest BCUT2D eigenvalue weighted by atomic mass is 16.7. The summed E-state index contributed by atoms with van der Waals surface area (Å²) in [6.07, 6.45) is 0.293. The van der Waals surface area contributed by atoms with Crippen LogP contribution in [0.2, 0.25) is 0 Å². The molecule has 86 valence electrons. The van der Waals surface area contributed by atoms with E-state index in [1.807, 2.05) is 0 Å². The first-order valence-corrected chi connectivity index (χ1v) is 4.82. The lowest BCUT2D eigenvalue weighted by Crippen LogP contribution is -2.57. The van der Waals surface area contributed by atoms with Crippen molar-refractivity contribution in [2.45, 2.75) is 44.1 Å². The quantitative estimate of drug-likeness (QED) is 0.410. The van der Waals surface area contributed by atoms with Gasteiger partial charge in [-0.25, -0.2) is 0 Å². The van der Waals surface area contributed by atoms with Crippen LogP contribution in [0.15, 0.2) is 0 Å². The van der Waals surface area contributed by atoms with Crippen molar-refractivity contribution in [1.82, 2.24) is 0 Å². The topological polar surface area (TPSA) is 79.2 Å². The van der Waals surface area contributed by atoms with E-state index < -0.39 is 30.7 Å². The number of aliphatic hydroxyl groups excluding tert-OH is 3. The first kappa shape index (κ1) is 12.4. The zero-order chi connectivity index (χ0) is 11.4. The summed E-state index contributed by atoms with van der Waals surface area (Å²) >= 11 is 0. The molecule has 5 heteroatoms. The standard InChI is InChI=1S/C10H16O5/c1-3-4-5-14-10-9(13)8(12)7(11)6(2)15-10/h1,6-13H,4-5H2,2H3/t6?,7?,8?,9-,10?/m1/s1. The summed E-state index contributed by atoms with van der Waals surface area (Å²) in [6, 6.07) is 0. The number of ether oxygens (including phenoxy) is 2. The third-order valence-corrected chi connectivity index (χ3v) is 2.34. The van der Waals surface area contributed by atoms with Crippen molar-refractivity contribution in [3.8, 4) is 12.3 Å². The van der Waals surface area contributed by atoms with Gasteiger partial charge in [0, 0.05) is 6.42 Å². The van der Waals surface area contributed by atoms with Crippen LogP contribution in [-0.4, -0.2) is 52.6 Å². The van der Waals surface area contributed by atoms with E-state index in [2.05, 4.69) is 5.92 Å². The highest BCUT2D eigenvalue weighted by molar-refractivity contribution is 4.88. The molecule has 0 amide bonds. The molecule has 3 N–H and O–H groups in total. The van der Waals surface area contributed by atoms with E-state index in [1.165, 1.54) is 0 Å². The van der Waals surface area contributed by atoms with E-state index in [4.69, 9.17) is 15.9 Å². The zero-order valence-corrected chi connectivity index (χ0v) is 8.54. The Morgan fingerprint density at radius 3 is 2.53 bits per heavy atom. The Kier molecular flexibility index (Phi) is 4.51. The summed E-state index contributed by atoms with van der Waals surface area (Å²) in [7, 11) is 0. The second kappa shape index (κ2) is 5.45. The lowest BCUT2D eigenvalue weighted by molar-refractivity contribution is -0.292. The summed E-state index contributed by atoms with van der Waals surface area (Å²) in [4.78, 5) is 0. The highest BCUT2D eigenvalue weighted by Crippen LogP contribution is 2.21. The summed E-state index contributed by atoms with van der Waals surface area (Å²) in [5, 5.41) is 28.3. The average Bonchev–Trinajstić information content (AvgIpc) is 2.23. The zero-order valence-electron chi connectivity index (χ0n) is 8.54. The fourth-order valence-electron chi connectivity index (χ4n) is 1.39. The van der Waals surface area contributed by atoms with Crippen LogP contribution < -0.4 is 0 Å². The second-order valence-electron chi connectivity index (χ2n) is 3.51. The van der Waals surface area contributed by atoms with Gasteiger partial charge in [0.1, 0.15) is 18.3 Å². The smallest absolute Gasteiger partial charge is 0.186 e. The van der Waals surface area contributed by atoms with Gasteiger partial charge >= 0.3 is 0 Å². The molecule has 0 spiro atoms. The summed E-state index contributed by atoms with van der Waals surface area (Å²) in [5.41, 5.74) is 0. The molecule has 0 aliphatic carbocycles. The van der Waals surface area contributed by atoms with Crippen molar-refractivity contribution in [2.75, 3.05) is 6.61 Å². The average molecular weight is 216 g/mol. The van der Waals surface area contributed by atoms with Crippen molar-refractivity contribution < 1.29 is 24.8 Å². The molecule has 0 bridgehead atoms. The van der Waals surface area contributed by atoms with Crippen molar-refractivity contribution in [3.05, 3.63) is 0 Å². The predicted molar refractivity (Wildman–Crippen MR) is 51.8 cm³/mol. The SMILES string of the molecule is C#CCCOC1OC(C)C(O)C(O)[C@H]1O. The van der Waals surface area contributed by atoms with Crippen LogP contribution in [0.5, 0.6) is 0 Å². The molecule has 0 aromatic carbocycles. The number of rotatable bonds is 3. The van der Waals surface area contributed by atoms with Crippen molar-refractivity contribution >= 4 is 0 Å². The van der Waals surface area contributed by atoms with Crippen LogP contribution in [0, 0.1) is 12.3 Å². The normalized spacial score (nSPS) is 41.1. The molecule has 1 heterocycles. The van der Waals surface area contributed by atoms with Crippen LogP contribution in [0.25, 0.3) is 0 Å². The highest BCUT2D eigenvalue weighted by Gasteiger charge is 2.42. The predicted octanol–water partition coefficient (Wildman–Crippen LogP) is -1.15. The van der Waals surface area contributed by atoms with E-state index in [1.54, 1.807) is 6.92 Å². The van der Waals surface area contributed by atoms with Crippen LogP contribution in [0.3, 0.4) is 0 Å². The second-order valence-corrected chi connectivity index (χ2v) is 3.51. The largest absolute Gasteiger partial charge is 0.388 e. The fourth-order valence-corrected chi connectivity index (χ4v) is 1.39. The molecule has 1 aliphatic rings. The first-order valence-electron chi connectivity index (χ1n) is 4.82. The van der Waals surface area contributed by atoms with Crippen molar-refractivity contribution in [3.63, 3.8) is 0 Å². The molecule has 15 heavy (non-hydrogen) atoms. The number of aliphatic hydroxyl groups is 3. The summed E-state index contributed by atoms with van der Waals surface area (Å²) < 4.78 is 10.3. The number of hydrogen-bond acceptors (Lipinski definition) is 5. The van der Waals surface area contributed by atoms with Crippen molar-refractivity contribution in [2.24, 2.45) is 0 Å². The summed E-state index contributed by atoms with van der Waals surface area (Å²) in [6.45, 7) is 1.84. The Hall–Kier alpha value is -0.640. The molecule has 0 saturated carbocycles. The van der Waals surface area contributed by atoms with Gasteiger partial charge in [-0.1, -0.05) is 0 Å². The Labute approximate surface area is 88.6 Å². The van der Waals surface area contributed by atoms with Crippen LogP contribution in [0.1, 0.15) is 13.3 Å². The maximum absolute atomic E-state index is 9.51. The van der Waals surface area contributed by atoms with Gasteiger partial charge in [-0.3, -0.25) is 0 Å². The number of hydrogen-bond donors (Lipinski definition) is 3. The van der Waals surface area contributed by atoms with Crippen LogP contribution in [-0.2, 0) is 9.47 Å². The molecule has 4 unspecified atom stereocenters. The molecular formula is C10H16O5. The maximum Gasteiger partial charge on any atom is 0.186 e. The lowest BCUT2D eigenvalue weighted by Gasteiger charge is -2.38. The molecule has 1 saturated heterocycles. The minimum Gasteiger partial charge on any atom is -0.388 e. The van der Waals surface area contributed by atoms with Gasteiger partial charge in [0.15, 0.2) is 6.29 Å². The maximum atomic E-state index is 9.51. The van der Waals surface area contributed by atoms with Crippen LogP contribution >= 0.6 is 0 Å². The Bertz CT molecular complexity index is 236. The first-order chi connectivity index (χ1) is 7.07. The van der Waals surface area contributed by atoms with E-state index in [0.717, 1.165) is 0 Å². The molecule has 1 aliphatic heterocycles. The van der Waals surface area contributed by atoms with Crippen LogP contribution in [0.4, 0.5) is 0 Å². The van der Waals surface area contributed by atoms with Crippen molar-refractivity contribution in [1.29, 1.82) is 0 Å². The minimum absolute atomic E-state index is 0.244. The van der Waals surface area contributed by atoms with Gasteiger partial charge in [-0.2, -0.15) is 0 Å². The third kappa shape index (κ3) is 2.91. The lowest BCUT2D eigenvalue weighted by atomic mass is 10.0. The molecule has 1 rings (SSSR count). The Morgan fingerprint density at radius 2 is 1.93 bits per heavy atom. The van der Waals surface area contributed by atoms with E-state index in [-0.39, 0.29) is 6.61 Å². The molecule has 0 aromatic rings. The van der Waals surface area contributed by atoms with Gasteiger partial charge < -0.3 is 24.8 Å². The van der Waals surface area contributed by atoms with E-state index in [0.29, 0.717) is 6.42 Å². The Morgan fingerprint density at radius 1 is 1.27 bits per heavy atom. The van der Waals surface area contributed by atoms with Gasteiger partial charge in [0.05, 0.1) is 12.7 Å². The van der Waals surface area contributed by atoms with E-state index in [9.17, 15) is 15.3 Å². The molecule has 1 fully saturated rings.